The van der Waals surface area contributed by atoms with Crippen molar-refractivity contribution in [1.82, 2.24) is 0 Å². The molecule has 0 saturated heterocycles. The second kappa shape index (κ2) is 2.95. The molecule has 0 aromatic heterocycles. The third kappa shape index (κ3) is 1.82. The Morgan fingerprint density at radius 2 is 2.18 bits per heavy atom. The van der Waals surface area contributed by atoms with E-state index in [9.17, 15) is 0 Å². The van der Waals surface area contributed by atoms with Crippen LogP contribution in [0.3, 0.4) is 0 Å². The Morgan fingerprint density at radius 3 is 2.55 bits per heavy atom. The highest BCUT2D eigenvalue weighted by Crippen LogP contribution is 2.35. The molecule has 64 valence electrons. The van der Waals surface area contributed by atoms with Crippen LogP contribution in [-0.4, -0.2) is 11.4 Å². The molecule has 2 nitrogen and oxygen atoms in total. The molecule has 1 atom stereocenters. The van der Waals surface area contributed by atoms with Gasteiger partial charge >= 0.3 is 0 Å². The maximum absolute atomic E-state index is 8.56. The minimum Gasteiger partial charge on any atom is -0.251 e. The van der Waals surface area contributed by atoms with E-state index in [1.54, 1.807) is 0 Å². The summed E-state index contributed by atoms with van der Waals surface area (Å²) in [6, 6.07) is 0. The van der Waals surface area contributed by atoms with Gasteiger partial charge in [0.25, 0.3) is 0 Å². The zero-order valence-corrected chi connectivity index (χ0v) is 7.42. The standard InChI is InChI=1S/C9H16O2/c1-9(2,3)7-5-4-6-8(7)11-10/h5,8,10H,4,6H2,1-3H3. The van der Waals surface area contributed by atoms with Crippen molar-refractivity contribution < 1.29 is 10.1 Å². The average molecular weight is 156 g/mol. The van der Waals surface area contributed by atoms with Crippen molar-refractivity contribution in [2.45, 2.75) is 39.7 Å². The van der Waals surface area contributed by atoms with E-state index < -0.39 is 0 Å². The Balaban J connectivity index is 2.71. The van der Waals surface area contributed by atoms with Gasteiger partial charge in [0, 0.05) is 0 Å². The maximum atomic E-state index is 8.56. The van der Waals surface area contributed by atoms with Gasteiger partial charge in [-0.15, -0.1) is 0 Å². The monoisotopic (exact) mass is 156 g/mol. The van der Waals surface area contributed by atoms with E-state index in [1.165, 1.54) is 5.57 Å². The summed E-state index contributed by atoms with van der Waals surface area (Å²) in [5.74, 6) is 0. The zero-order valence-electron chi connectivity index (χ0n) is 7.42. The summed E-state index contributed by atoms with van der Waals surface area (Å²) in [5.41, 5.74) is 1.35. The van der Waals surface area contributed by atoms with Gasteiger partial charge in [-0.1, -0.05) is 26.8 Å². The van der Waals surface area contributed by atoms with E-state index in [4.69, 9.17) is 5.26 Å². The molecule has 1 aliphatic rings. The van der Waals surface area contributed by atoms with Crippen LogP contribution in [0.5, 0.6) is 0 Å². The van der Waals surface area contributed by atoms with Gasteiger partial charge in [-0.25, -0.2) is 4.89 Å². The lowest BCUT2D eigenvalue weighted by Crippen LogP contribution is -2.20. The van der Waals surface area contributed by atoms with E-state index >= 15 is 0 Å². The lowest BCUT2D eigenvalue weighted by molar-refractivity contribution is -0.270. The number of hydrogen-bond acceptors (Lipinski definition) is 2. The Hall–Kier alpha value is -0.340. The van der Waals surface area contributed by atoms with Crippen molar-refractivity contribution >= 4 is 0 Å². The van der Waals surface area contributed by atoms with Gasteiger partial charge in [0.05, 0.1) is 0 Å². The van der Waals surface area contributed by atoms with Crippen molar-refractivity contribution in [3.8, 4) is 0 Å². The second-order valence-corrected chi connectivity index (χ2v) is 4.08. The molecular weight excluding hydrogens is 140 g/mol. The van der Waals surface area contributed by atoms with E-state index in [-0.39, 0.29) is 11.5 Å². The number of rotatable bonds is 1. The van der Waals surface area contributed by atoms with Crippen LogP contribution in [0.1, 0.15) is 33.6 Å². The minimum absolute atomic E-state index is 0.0602. The molecule has 0 radical (unpaired) electrons. The summed E-state index contributed by atoms with van der Waals surface area (Å²) in [7, 11) is 0. The summed E-state index contributed by atoms with van der Waals surface area (Å²) < 4.78 is 0. The molecule has 0 heterocycles. The summed E-state index contributed by atoms with van der Waals surface area (Å²) in [4.78, 5) is 4.38. The highest BCUT2D eigenvalue weighted by atomic mass is 17.1. The van der Waals surface area contributed by atoms with Crippen LogP contribution in [0.25, 0.3) is 0 Å². The first kappa shape index (κ1) is 8.75. The van der Waals surface area contributed by atoms with Gasteiger partial charge in [0.15, 0.2) is 0 Å². The highest BCUT2D eigenvalue weighted by Gasteiger charge is 2.29. The van der Waals surface area contributed by atoms with Crippen molar-refractivity contribution in [2.75, 3.05) is 0 Å². The van der Waals surface area contributed by atoms with Gasteiger partial charge in [0.2, 0.25) is 0 Å². The van der Waals surface area contributed by atoms with Crippen LogP contribution < -0.4 is 0 Å². The van der Waals surface area contributed by atoms with Crippen LogP contribution in [0.4, 0.5) is 0 Å². The largest absolute Gasteiger partial charge is 0.251 e. The van der Waals surface area contributed by atoms with E-state index in [0.29, 0.717) is 0 Å². The molecular formula is C9H16O2. The first-order valence-electron chi connectivity index (χ1n) is 4.06. The van der Waals surface area contributed by atoms with Crippen LogP contribution in [0.2, 0.25) is 0 Å². The predicted molar refractivity (Wildman–Crippen MR) is 44.3 cm³/mol. The normalized spacial score (nSPS) is 25.5. The molecule has 1 unspecified atom stereocenters. The van der Waals surface area contributed by atoms with Gasteiger partial charge in [-0.3, -0.25) is 5.26 Å². The Kier molecular flexibility index (Phi) is 2.35. The van der Waals surface area contributed by atoms with Crippen LogP contribution in [0, 0.1) is 5.41 Å². The first-order chi connectivity index (χ1) is 5.05. The fraction of sp³-hybridized carbons (Fsp3) is 0.778. The van der Waals surface area contributed by atoms with Gasteiger partial charge in [0.1, 0.15) is 6.10 Å². The molecule has 0 amide bonds. The SMILES string of the molecule is CC(C)(C)C1=CCCC1OO. The molecule has 0 aromatic rings. The average Bonchev–Trinajstić information content (AvgIpc) is 2.31. The van der Waals surface area contributed by atoms with Crippen LogP contribution >= 0.6 is 0 Å². The predicted octanol–water partition coefficient (Wildman–Crippen LogP) is 2.61. The fourth-order valence-corrected chi connectivity index (χ4v) is 1.58. The van der Waals surface area contributed by atoms with Crippen LogP contribution in [0.15, 0.2) is 11.6 Å². The third-order valence-electron chi connectivity index (χ3n) is 2.13. The minimum atomic E-state index is -0.0602. The molecule has 0 saturated carbocycles. The van der Waals surface area contributed by atoms with Gasteiger partial charge in [-0.05, 0) is 23.8 Å². The first-order valence-corrected chi connectivity index (χ1v) is 4.06. The maximum Gasteiger partial charge on any atom is 0.114 e. The molecule has 1 aliphatic carbocycles. The summed E-state index contributed by atoms with van der Waals surface area (Å²) in [6.45, 7) is 6.41. The molecule has 1 N–H and O–H groups in total. The molecule has 2 heteroatoms. The van der Waals surface area contributed by atoms with E-state index in [0.717, 1.165) is 12.8 Å². The molecule has 0 aliphatic heterocycles. The van der Waals surface area contributed by atoms with E-state index in [2.05, 4.69) is 31.7 Å². The molecule has 0 fully saturated rings. The third-order valence-corrected chi connectivity index (χ3v) is 2.13. The summed E-state index contributed by atoms with van der Waals surface area (Å²) >= 11 is 0. The van der Waals surface area contributed by atoms with Gasteiger partial charge in [-0.2, -0.15) is 0 Å². The number of hydrogen-bond donors (Lipinski definition) is 1. The van der Waals surface area contributed by atoms with Crippen molar-refractivity contribution in [3.63, 3.8) is 0 Å². The van der Waals surface area contributed by atoms with Crippen LogP contribution in [-0.2, 0) is 4.89 Å². The lowest BCUT2D eigenvalue weighted by atomic mass is 9.85. The smallest absolute Gasteiger partial charge is 0.114 e. The molecule has 0 aromatic carbocycles. The zero-order chi connectivity index (χ0) is 8.48. The fourth-order valence-electron chi connectivity index (χ4n) is 1.58. The van der Waals surface area contributed by atoms with Crippen molar-refractivity contribution in [3.05, 3.63) is 11.6 Å². The molecule has 11 heavy (non-hydrogen) atoms. The Labute approximate surface area is 67.8 Å². The summed E-state index contributed by atoms with van der Waals surface area (Å²) in [5, 5.41) is 8.56. The van der Waals surface area contributed by atoms with Gasteiger partial charge < -0.3 is 0 Å². The number of allylic oxidation sites excluding steroid dienone is 1. The molecule has 0 bridgehead atoms. The lowest BCUT2D eigenvalue weighted by Gasteiger charge is -2.24. The molecule has 0 spiro atoms. The van der Waals surface area contributed by atoms with Crippen molar-refractivity contribution in [2.24, 2.45) is 5.41 Å². The second-order valence-electron chi connectivity index (χ2n) is 4.08. The Morgan fingerprint density at radius 1 is 1.55 bits per heavy atom. The quantitative estimate of drug-likeness (QED) is 0.359. The highest BCUT2D eigenvalue weighted by molar-refractivity contribution is 5.20. The molecule has 1 rings (SSSR count). The topological polar surface area (TPSA) is 29.5 Å². The Bertz CT molecular complexity index is 165. The van der Waals surface area contributed by atoms with E-state index in [1.807, 2.05) is 0 Å². The van der Waals surface area contributed by atoms with Crippen molar-refractivity contribution in [1.29, 1.82) is 0 Å². The summed E-state index contributed by atoms with van der Waals surface area (Å²) in [6.07, 6.45) is 4.05.